The number of hydrogen-bond acceptors (Lipinski definition) is 3. The first-order valence-corrected chi connectivity index (χ1v) is 8.52. The summed E-state index contributed by atoms with van der Waals surface area (Å²) in [5.41, 5.74) is 1.11. The SMILES string of the molecule is COc1cc(C(=O)Nc2ccc(Br)cc2Br)cc(OC)c1Br. The quantitative estimate of drug-likeness (QED) is 0.633. The number of ether oxygens (including phenoxy) is 2. The molecule has 0 aliphatic rings. The third-order valence-electron chi connectivity index (χ3n) is 2.89. The van der Waals surface area contributed by atoms with Gasteiger partial charge in [0.1, 0.15) is 16.0 Å². The number of amides is 1. The van der Waals surface area contributed by atoms with Crippen LogP contribution >= 0.6 is 47.8 Å². The maximum Gasteiger partial charge on any atom is 0.255 e. The molecule has 0 atom stereocenters. The van der Waals surface area contributed by atoms with Crippen LogP contribution in [0.25, 0.3) is 0 Å². The minimum absolute atomic E-state index is 0.257. The summed E-state index contributed by atoms with van der Waals surface area (Å²) in [5, 5.41) is 2.84. The smallest absolute Gasteiger partial charge is 0.255 e. The zero-order valence-corrected chi connectivity index (χ0v) is 16.5. The fraction of sp³-hybridized carbons (Fsp3) is 0.133. The van der Waals surface area contributed by atoms with Gasteiger partial charge in [-0.2, -0.15) is 0 Å². The molecule has 116 valence electrons. The van der Waals surface area contributed by atoms with E-state index in [1.165, 1.54) is 14.2 Å². The van der Waals surface area contributed by atoms with Gasteiger partial charge in [-0.1, -0.05) is 15.9 Å². The van der Waals surface area contributed by atoms with Gasteiger partial charge in [0.05, 0.1) is 19.9 Å². The van der Waals surface area contributed by atoms with Crippen molar-refractivity contribution in [2.75, 3.05) is 19.5 Å². The third kappa shape index (κ3) is 3.83. The van der Waals surface area contributed by atoms with Crippen LogP contribution < -0.4 is 14.8 Å². The average molecular weight is 494 g/mol. The number of halogens is 3. The second-order valence-corrected chi connectivity index (χ2v) is 6.84. The summed E-state index contributed by atoms with van der Waals surface area (Å²) in [6.45, 7) is 0. The van der Waals surface area contributed by atoms with E-state index < -0.39 is 0 Å². The molecule has 1 N–H and O–H groups in total. The summed E-state index contributed by atoms with van der Waals surface area (Å²) >= 11 is 10.2. The average Bonchev–Trinajstić information content (AvgIpc) is 2.50. The Morgan fingerprint density at radius 3 is 2.09 bits per heavy atom. The van der Waals surface area contributed by atoms with Gasteiger partial charge in [-0.25, -0.2) is 0 Å². The highest BCUT2D eigenvalue weighted by Gasteiger charge is 2.15. The molecular formula is C15H12Br3NO3. The molecule has 0 bridgehead atoms. The van der Waals surface area contributed by atoms with Crippen LogP contribution in [0.1, 0.15) is 10.4 Å². The predicted octanol–water partition coefficient (Wildman–Crippen LogP) is 5.24. The number of carbonyl (C=O) groups excluding carboxylic acids is 1. The summed E-state index contributed by atoms with van der Waals surface area (Å²) in [6, 6.07) is 8.81. The van der Waals surface area contributed by atoms with Gasteiger partial charge in [0.25, 0.3) is 5.91 Å². The molecule has 0 aliphatic carbocycles. The molecule has 0 aromatic heterocycles. The van der Waals surface area contributed by atoms with Crippen molar-refractivity contribution in [2.45, 2.75) is 0 Å². The first-order chi connectivity index (χ1) is 10.5. The van der Waals surface area contributed by atoms with Crippen molar-refractivity contribution in [1.82, 2.24) is 0 Å². The van der Waals surface area contributed by atoms with Crippen molar-refractivity contribution < 1.29 is 14.3 Å². The molecule has 0 saturated heterocycles. The van der Waals surface area contributed by atoms with Crippen LogP contribution in [0.3, 0.4) is 0 Å². The second-order valence-electron chi connectivity index (χ2n) is 4.27. The van der Waals surface area contributed by atoms with Crippen molar-refractivity contribution in [3.05, 3.63) is 49.3 Å². The fourth-order valence-electron chi connectivity index (χ4n) is 1.79. The first kappa shape index (κ1) is 17.3. The van der Waals surface area contributed by atoms with Crippen LogP contribution in [-0.2, 0) is 0 Å². The van der Waals surface area contributed by atoms with E-state index in [1.807, 2.05) is 12.1 Å². The topological polar surface area (TPSA) is 47.6 Å². The van der Waals surface area contributed by atoms with Gasteiger partial charge in [-0.3, -0.25) is 4.79 Å². The standard InChI is InChI=1S/C15H12Br3NO3/c1-21-12-5-8(6-13(22-2)14(12)18)15(20)19-11-4-3-9(16)7-10(11)17/h3-7H,1-2H3,(H,19,20). The zero-order chi connectivity index (χ0) is 16.3. The molecule has 0 aliphatic heterocycles. The summed E-state index contributed by atoms with van der Waals surface area (Å²) in [7, 11) is 3.07. The number of benzene rings is 2. The van der Waals surface area contributed by atoms with Crippen molar-refractivity contribution in [3.8, 4) is 11.5 Å². The highest BCUT2D eigenvalue weighted by molar-refractivity contribution is 9.11. The van der Waals surface area contributed by atoms with Gasteiger partial charge >= 0.3 is 0 Å². The molecule has 22 heavy (non-hydrogen) atoms. The van der Waals surface area contributed by atoms with Crippen molar-refractivity contribution >= 4 is 59.4 Å². The Hall–Kier alpha value is -1.05. The van der Waals surface area contributed by atoms with Gasteiger partial charge in [0.15, 0.2) is 0 Å². The second kappa shape index (κ2) is 7.48. The Balaban J connectivity index is 2.33. The summed E-state index contributed by atoms with van der Waals surface area (Å²) < 4.78 is 12.9. The van der Waals surface area contributed by atoms with E-state index in [1.54, 1.807) is 18.2 Å². The van der Waals surface area contributed by atoms with Crippen molar-refractivity contribution in [3.63, 3.8) is 0 Å². The van der Waals surface area contributed by atoms with Gasteiger partial charge in [-0.15, -0.1) is 0 Å². The molecule has 0 saturated carbocycles. The highest BCUT2D eigenvalue weighted by atomic mass is 79.9. The van der Waals surface area contributed by atoms with Gasteiger partial charge in [0, 0.05) is 14.5 Å². The molecule has 2 rings (SSSR count). The van der Waals surface area contributed by atoms with Crippen LogP contribution in [0.5, 0.6) is 11.5 Å². The van der Waals surface area contributed by atoms with Crippen LogP contribution in [0.15, 0.2) is 43.7 Å². The lowest BCUT2D eigenvalue weighted by Crippen LogP contribution is -2.12. The van der Waals surface area contributed by atoms with E-state index in [9.17, 15) is 4.79 Å². The molecule has 2 aromatic carbocycles. The molecule has 0 heterocycles. The minimum Gasteiger partial charge on any atom is -0.495 e. The normalized spacial score (nSPS) is 10.2. The Bertz CT molecular complexity index is 694. The molecule has 2 aromatic rings. The molecule has 1 amide bonds. The van der Waals surface area contributed by atoms with E-state index in [4.69, 9.17) is 9.47 Å². The summed E-state index contributed by atoms with van der Waals surface area (Å²) in [4.78, 5) is 12.4. The minimum atomic E-state index is -0.257. The predicted molar refractivity (Wildman–Crippen MR) is 97.0 cm³/mol. The third-order valence-corrected chi connectivity index (χ3v) is 4.82. The van der Waals surface area contributed by atoms with Crippen LogP contribution in [0.2, 0.25) is 0 Å². The van der Waals surface area contributed by atoms with Crippen LogP contribution in [0, 0.1) is 0 Å². The molecule has 0 radical (unpaired) electrons. The van der Waals surface area contributed by atoms with E-state index >= 15 is 0 Å². The Morgan fingerprint density at radius 1 is 1.00 bits per heavy atom. The lowest BCUT2D eigenvalue weighted by molar-refractivity contribution is 0.102. The molecule has 0 unspecified atom stereocenters. The number of hydrogen-bond donors (Lipinski definition) is 1. The molecule has 7 heteroatoms. The van der Waals surface area contributed by atoms with Gasteiger partial charge in [-0.05, 0) is 62.2 Å². The van der Waals surface area contributed by atoms with Crippen molar-refractivity contribution in [1.29, 1.82) is 0 Å². The van der Waals surface area contributed by atoms with E-state index in [2.05, 4.69) is 53.1 Å². The lowest BCUT2D eigenvalue weighted by Gasteiger charge is -2.12. The van der Waals surface area contributed by atoms with Crippen molar-refractivity contribution in [2.24, 2.45) is 0 Å². The Morgan fingerprint density at radius 2 is 1.59 bits per heavy atom. The monoisotopic (exact) mass is 491 g/mol. The van der Waals surface area contributed by atoms with Crippen LogP contribution in [0.4, 0.5) is 5.69 Å². The number of anilines is 1. The van der Waals surface area contributed by atoms with E-state index in [-0.39, 0.29) is 5.91 Å². The van der Waals surface area contributed by atoms with Gasteiger partial charge < -0.3 is 14.8 Å². The van der Waals surface area contributed by atoms with Gasteiger partial charge in [0.2, 0.25) is 0 Å². The Labute approximate surface area is 153 Å². The maximum absolute atomic E-state index is 12.4. The first-order valence-electron chi connectivity index (χ1n) is 6.14. The maximum atomic E-state index is 12.4. The fourth-order valence-corrected chi connectivity index (χ4v) is 3.48. The molecule has 4 nitrogen and oxygen atoms in total. The van der Waals surface area contributed by atoms with E-state index in [0.717, 1.165) is 8.95 Å². The number of methoxy groups -OCH3 is 2. The number of rotatable bonds is 4. The molecular weight excluding hydrogens is 482 g/mol. The Kier molecular flexibility index (Phi) is 5.88. The van der Waals surface area contributed by atoms with E-state index in [0.29, 0.717) is 27.2 Å². The van der Waals surface area contributed by atoms with Crippen LogP contribution in [-0.4, -0.2) is 20.1 Å². The lowest BCUT2D eigenvalue weighted by atomic mass is 10.1. The highest BCUT2D eigenvalue weighted by Crippen LogP contribution is 2.36. The molecule has 0 fully saturated rings. The summed E-state index contributed by atoms with van der Waals surface area (Å²) in [5.74, 6) is 0.797. The summed E-state index contributed by atoms with van der Waals surface area (Å²) in [6.07, 6.45) is 0. The number of carbonyl (C=O) groups is 1. The zero-order valence-electron chi connectivity index (χ0n) is 11.7. The molecule has 0 spiro atoms. The largest absolute Gasteiger partial charge is 0.495 e. The number of nitrogens with one attached hydrogen (secondary N) is 1.